The molecule has 1 aliphatic heterocycles. The van der Waals surface area contributed by atoms with E-state index in [4.69, 9.17) is 0 Å². The van der Waals surface area contributed by atoms with Crippen LogP contribution in [0.4, 0.5) is 0 Å². The van der Waals surface area contributed by atoms with Gasteiger partial charge in [0.2, 0.25) is 0 Å². The number of allylic oxidation sites excluding steroid dienone is 5. The third-order valence-electron chi connectivity index (χ3n) is 2.93. The zero-order valence-electron chi connectivity index (χ0n) is 9.50. The largest absolute Gasteiger partial charge is 0.369 e. The van der Waals surface area contributed by atoms with Gasteiger partial charge < -0.3 is 10.2 Å². The Kier molecular flexibility index (Phi) is 3.62. The second kappa shape index (κ2) is 5.17. The summed E-state index contributed by atoms with van der Waals surface area (Å²) in [5.41, 5.74) is 2.78. The molecular weight excluding hydrogens is 184 g/mol. The Morgan fingerprint density at radius 1 is 1.20 bits per heavy atom. The molecule has 0 radical (unpaired) electrons. The second-order valence-corrected chi connectivity index (χ2v) is 4.23. The summed E-state index contributed by atoms with van der Waals surface area (Å²) in [6, 6.07) is 0. The fourth-order valence-electron chi connectivity index (χ4n) is 2.08. The van der Waals surface area contributed by atoms with E-state index in [0.717, 1.165) is 26.2 Å². The van der Waals surface area contributed by atoms with E-state index in [1.165, 1.54) is 24.1 Å². The number of hydrogen-bond acceptors (Lipinski definition) is 2. The van der Waals surface area contributed by atoms with Crippen LogP contribution in [0.25, 0.3) is 0 Å². The highest BCUT2D eigenvalue weighted by molar-refractivity contribution is 5.30. The third-order valence-corrected chi connectivity index (χ3v) is 2.93. The van der Waals surface area contributed by atoms with Gasteiger partial charge in [0, 0.05) is 31.9 Å². The van der Waals surface area contributed by atoms with Gasteiger partial charge in [0.25, 0.3) is 0 Å². The summed E-state index contributed by atoms with van der Waals surface area (Å²) < 4.78 is 0. The van der Waals surface area contributed by atoms with Crippen molar-refractivity contribution in [1.82, 2.24) is 10.2 Å². The Hall–Kier alpha value is -1.02. The molecule has 15 heavy (non-hydrogen) atoms. The molecular formula is C13H20N2. The lowest BCUT2D eigenvalue weighted by Crippen LogP contribution is -2.42. The van der Waals surface area contributed by atoms with E-state index in [1.54, 1.807) is 0 Å². The van der Waals surface area contributed by atoms with Gasteiger partial charge in [-0.2, -0.15) is 0 Å². The van der Waals surface area contributed by atoms with Crippen molar-refractivity contribution in [3.63, 3.8) is 0 Å². The molecule has 0 spiro atoms. The first kappa shape index (κ1) is 10.5. The monoisotopic (exact) mass is 204 g/mol. The topological polar surface area (TPSA) is 15.3 Å². The molecule has 0 aromatic heterocycles. The van der Waals surface area contributed by atoms with Crippen LogP contribution in [0.3, 0.4) is 0 Å². The standard InChI is InChI=1S/C13H20N2/c1-12-5-3-2-4-6-13(11-12)15-9-7-14-8-10-15/h3,5-6,11,14H,2,4,7-10H2,1H3/b5-3?,12-11?,13-6+. The molecule has 0 aromatic carbocycles. The van der Waals surface area contributed by atoms with Crippen LogP contribution in [0, 0.1) is 0 Å². The lowest BCUT2D eigenvalue weighted by Gasteiger charge is -2.31. The fraction of sp³-hybridized carbons (Fsp3) is 0.538. The summed E-state index contributed by atoms with van der Waals surface area (Å²) in [7, 11) is 0. The molecule has 0 aromatic rings. The average molecular weight is 204 g/mol. The third kappa shape index (κ3) is 2.96. The maximum Gasteiger partial charge on any atom is 0.0329 e. The Labute approximate surface area is 92.3 Å². The van der Waals surface area contributed by atoms with E-state index >= 15 is 0 Å². The van der Waals surface area contributed by atoms with Gasteiger partial charge in [0.05, 0.1) is 0 Å². The minimum Gasteiger partial charge on any atom is -0.369 e. The molecule has 0 saturated carbocycles. The van der Waals surface area contributed by atoms with Crippen molar-refractivity contribution >= 4 is 0 Å². The van der Waals surface area contributed by atoms with Gasteiger partial charge in [-0.25, -0.2) is 0 Å². The quantitative estimate of drug-likeness (QED) is 0.703. The lowest BCUT2D eigenvalue weighted by molar-refractivity contribution is 0.306. The molecule has 0 amide bonds. The Morgan fingerprint density at radius 3 is 2.80 bits per heavy atom. The molecule has 1 aliphatic carbocycles. The zero-order valence-corrected chi connectivity index (χ0v) is 9.50. The maximum atomic E-state index is 3.39. The fourth-order valence-corrected chi connectivity index (χ4v) is 2.08. The molecule has 1 heterocycles. The first-order chi connectivity index (χ1) is 7.36. The number of nitrogens with zero attached hydrogens (tertiary/aromatic N) is 1. The molecule has 0 atom stereocenters. The zero-order chi connectivity index (χ0) is 10.5. The van der Waals surface area contributed by atoms with Crippen molar-refractivity contribution in [2.45, 2.75) is 19.8 Å². The van der Waals surface area contributed by atoms with Crippen molar-refractivity contribution in [1.29, 1.82) is 0 Å². The molecule has 2 nitrogen and oxygen atoms in total. The van der Waals surface area contributed by atoms with Gasteiger partial charge in [-0.05, 0) is 31.4 Å². The second-order valence-electron chi connectivity index (χ2n) is 4.23. The van der Waals surface area contributed by atoms with Crippen molar-refractivity contribution < 1.29 is 0 Å². The summed E-state index contributed by atoms with van der Waals surface area (Å²) in [4.78, 5) is 2.49. The summed E-state index contributed by atoms with van der Waals surface area (Å²) in [5.74, 6) is 0. The van der Waals surface area contributed by atoms with Crippen LogP contribution in [0.5, 0.6) is 0 Å². The van der Waals surface area contributed by atoms with E-state index in [-0.39, 0.29) is 0 Å². The number of hydrogen-bond donors (Lipinski definition) is 1. The van der Waals surface area contributed by atoms with Gasteiger partial charge >= 0.3 is 0 Å². The Morgan fingerprint density at radius 2 is 2.00 bits per heavy atom. The number of nitrogens with one attached hydrogen (secondary N) is 1. The molecule has 2 rings (SSSR count). The van der Waals surface area contributed by atoms with Crippen molar-refractivity contribution in [3.8, 4) is 0 Å². The van der Waals surface area contributed by atoms with Crippen LogP contribution >= 0.6 is 0 Å². The van der Waals surface area contributed by atoms with E-state index < -0.39 is 0 Å². The van der Waals surface area contributed by atoms with Gasteiger partial charge in [-0.3, -0.25) is 0 Å². The van der Waals surface area contributed by atoms with Crippen LogP contribution in [-0.4, -0.2) is 31.1 Å². The first-order valence-electron chi connectivity index (χ1n) is 5.87. The number of piperazine rings is 1. The Balaban J connectivity index is 2.11. The van der Waals surface area contributed by atoms with Crippen molar-refractivity contribution in [2.75, 3.05) is 26.2 Å². The molecule has 82 valence electrons. The van der Waals surface area contributed by atoms with Gasteiger partial charge in [-0.1, -0.05) is 18.2 Å². The summed E-state index contributed by atoms with van der Waals surface area (Å²) in [5, 5.41) is 3.39. The van der Waals surface area contributed by atoms with Crippen LogP contribution in [0.2, 0.25) is 0 Å². The highest BCUT2D eigenvalue weighted by Crippen LogP contribution is 2.15. The molecule has 2 heteroatoms. The van der Waals surface area contributed by atoms with Crippen LogP contribution in [-0.2, 0) is 0 Å². The van der Waals surface area contributed by atoms with Crippen molar-refractivity contribution in [2.24, 2.45) is 0 Å². The summed E-state index contributed by atoms with van der Waals surface area (Å²) in [6.07, 6.45) is 11.5. The van der Waals surface area contributed by atoms with Gasteiger partial charge in [0.15, 0.2) is 0 Å². The minimum atomic E-state index is 1.11. The highest BCUT2D eigenvalue weighted by atomic mass is 15.2. The molecule has 1 N–H and O–H groups in total. The average Bonchev–Trinajstić information content (AvgIpc) is 2.24. The summed E-state index contributed by atoms with van der Waals surface area (Å²) >= 11 is 0. The lowest BCUT2D eigenvalue weighted by atomic mass is 10.1. The SMILES string of the molecule is CC1=C/C(N2CCNCC2)=C\CCC=C1. The van der Waals surface area contributed by atoms with Crippen LogP contribution < -0.4 is 5.32 Å². The molecule has 0 unspecified atom stereocenters. The normalized spacial score (nSPS) is 26.3. The van der Waals surface area contributed by atoms with Crippen molar-refractivity contribution in [3.05, 3.63) is 35.6 Å². The maximum absolute atomic E-state index is 3.39. The predicted octanol–water partition coefficient (Wildman–Crippen LogP) is 2.07. The number of rotatable bonds is 1. The van der Waals surface area contributed by atoms with Gasteiger partial charge in [-0.15, -0.1) is 0 Å². The highest BCUT2D eigenvalue weighted by Gasteiger charge is 2.11. The minimum absolute atomic E-state index is 1.11. The van der Waals surface area contributed by atoms with E-state index in [9.17, 15) is 0 Å². The smallest absolute Gasteiger partial charge is 0.0329 e. The first-order valence-corrected chi connectivity index (χ1v) is 5.87. The summed E-state index contributed by atoms with van der Waals surface area (Å²) in [6.45, 7) is 6.68. The van der Waals surface area contributed by atoms with Gasteiger partial charge in [0.1, 0.15) is 0 Å². The molecule has 2 aliphatic rings. The molecule has 1 fully saturated rings. The van der Waals surface area contributed by atoms with E-state index in [1.807, 2.05) is 0 Å². The Bertz CT molecular complexity index is 294. The predicted molar refractivity (Wildman–Crippen MR) is 64.7 cm³/mol. The molecule has 1 saturated heterocycles. The van der Waals surface area contributed by atoms with Crippen LogP contribution in [0.15, 0.2) is 35.6 Å². The van der Waals surface area contributed by atoms with E-state index in [2.05, 4.69) is 41.4 Å². The molecule has 0 bridgehead atoms. The van der Waals surface area contributed by atoms with Crippen LogP contribution in [0.1, 0.15) is 19.8 Å². The van der Waals surface area contributed by atoms with E-state index in [0.29, 0.717) is 0 Å².